The first-order valence-electron chi connectivity index (χ1n) is 9.54. The van der Waals surface area contributed by atoms with Crippen molar-refractivity contribution in [2.24, 2.45) is 5.14 Å². The molecule has 3 aromatic rings. The predicted molar refractivity (Wildman–Crippen MR) is 121 cm³/mol. The van der Waals surface area contributed by atoms with Crippen molar-refractivity contribution in [3.05, 3.63) is 78.1 Å². The molecular weight excluding hydrogens is 471 g/mol. The summed E-state index contributed by atoms with van der Waals surface area (Å²) in [6, 6.07) is 15.9. The average molecular weight is 493 g/mol. The summed E-state index contributed by atoms with van der Waals surface area (Å²) in [4.78, 5) is 11.3. The Morgan fingerprint density at radius 3 is 2.45 bits per heavy atom. The molecular formula is C22H21FN2O6S2. The molecule has 0 aliphatic heterocycles. The second-order valence-corrected chi connectivity index (χ2v) is 10.2. The zero-order valence-electron chi connectivity index (χ0n) is 17.5. The molecule has 0 aromatic heterocycles. The predicted octanol–water partition coefficient (Wildman–Crippen LogP) is 2.76. The Kier molecular flexibility index (Phi) is 7.59. The van der Waals surface area contributed by atoms with Gasteiger partial charge in [-0.15, -0.1) is 0 Å². The normalized spacial score (nSPS) is 12.5. The molecule has 3 rings (SSSR count). The van der Waals surface area contributed by atoms with Crippen molar-refractivity contribution in [3.63, 3.8) is 0 Å². The van der Waals surface area contributed by atoms with Crippen molar-refractivity contribution >= 4 is 27.0 Å². The molecule has 0 amide bonds. The topological polar surface area (TPSA) is 127 Å². The fourth-order valence-corrected chi connectivity index (χ4v) is 4.70. The second kappa shape index (κ2) is 10.2. The minimum atomic E-state index is -3.88. The van der Waals surface area contributed by atoms with Gasteiger partial charge in [-0.2, -0.15) is 4.31 Å². The van der Waals surface area contributed by atoms with Crippen molar-refractivity contribution in [2.75, 3.05) is 13.7 Å². The van der Waals surface area contributed by atoms with Crippen molar-refractivity contribution in [2.45, 2.75) is 16.3 Å². The van der Waals surface area contributed by atoms with E-state index in [4.69, 9.17) is 15.0 Å². The fourth-order valence-electron chi connectivity index (χ4n) is 3.08. The van der Waals surface area contributed by atoms with Gasteiger partial charge in [-0.05, 0) is 59.7 Å². The molecule has 11 heteroatoms. The molecule has 0 saturated carbocycles. The number of aliphatic carboxylic acids is 1. The van der Waals surface area contributed by atoms with Gasteiger partial charge in [-0.25, -0.2) is 27.0 Å². The lowest BCUT2D eigenvalue weighted by Crippen LogP contribution is -2.26. The van der Waals surface area contributed by atoms with Crippen LogP contribution in [0.3, 0.4) is 0 Å². The maximum Gasteiger partial charge on any atom is 0.341 e. The van der Waals surface area contributed by atoms with Gasteiger partial charge in [0.05, 0.1) is 9.79 Å². The molecule has 174 valence electrons. The van der Waals surface area contributed by atoms with E-state index in [1.54, 1.807) is 36.4 Å². The number of nitrogens with two attached hydrogens (primary N) is 1. The van der Waals surface area contributed by atoms with E-state index >= 15 is 0 Å². The number of benzene rings is 3. The van der Waals surface area contributed by atoms with Crippen LogP contribution in [0.4, 0.5) is 4.39 Å². The van der Waals surface area contributed by atoms with E-state index in [-0.39, 0.29) is 17.2 Å². The van der Waals surface area contributed by atoms with E-state index in [0.717, 1.165) is 16.4 Å². The van der Waals surface area contributed by atoms with Crippen LogP contribution in [0, 0.1) is 5.82 Å². The highest BCUT2D eigenvalue weighted by Gasteiger charge is 2.21. The highest BCUT2D eigenvalue weighted by Crippen LogP contribution is 2.33. The van der Waals surface area contributed by atoms with Gasteiger partial charge in [0.2, 0.25) is 10.0 Å². The Bertz CT molecular complexity index is 1300. The van der Waals surface area contributed by atoms with Crippen LogP contribution >= 0.6 is 0 Å². The van der Waals surface area contributed by atoms with Crippen LogP contribution in [0.25, 0.3) is 11.1 Å². The number of nitrogens with zero attached hydrogens (tertiary/aromatic N) is 1. The van der Waals surface area contributed by atoms with Gasteiger partial charge in [-0.3, -0.25) is 0 Å². The van der Waals surface area contributed by atoms with Crippen LogP contribution in [0.5, 0.6) is 5.75 Å². The molecule has 0 spiro atoms. The number of carboxylic acids is 1. The monoisotopic (exact) mass is 492 g/mol. The molecule has 1 unspecified atom stereocenters. The Balaban J connectivity index is 1.97. The lowest BCUT2D eigenvalue weighted by atomic mass is 10.0. The molecule has 0 heterocycles. The van der Waals surface area contributed by atoms with Crippen LogP contribution in [-0.4, -0.2) is 41.7 Å². The van der Waals surface area contributed by atoms with E-state index in [2.05, 4.69) is 0 Å². The second-order valence-electron chi connectivity index (χ2n) is 7.05. The van der Waals surface area contributed by atoms with Crippen molar-refractivity contribution in [1.29, 1.82) is 0 Å². The van der Waals surface area contributed by atoms with Gasteiger partial charge >= 0.3 is 5.97 Å². The Morgan fingerprint density at radius 2 is 1.82 bits per heavy atom. The third kappa shape index (κ3) is 6.02. The van der Waals surface area contributed by atoms with E-state index in [9.17, 15) is 21.8 Å². The average Bonchev–Trinajstić information content (AvgIpc) is 2.78. The molecule has 0 radical (unpaired) electrons. The van der Waals surface area contributed by atoms with Gasteiger partial charge in [-0.1, -0.05) is 18.2 Å². The molecule has 3 N–H and O–H groups in total. The summed E-state index contributed by atoms with van der Waals surface area (Å²) in [6.45, 7) is -0.595. The first-order valence-corrected chi connectivity index (χ1v) is 12.2. The van der Waals surface area contributed by atoms with Gasteiger partial charge in [0.25, 0.3) is 0 Å². The first kappa shape index (κ1) is 24.5. The number of carbonyl (C=O) groups is 1. The molecule has 0 aliphatic rings. The largest absolute Gasteiger partial charge is 0.481 e. The van der Waals surface area contributed by atoms with Crippen molar-refractivity contribution in [1.82, 2.24) is 4.31 Å². The Hall–Kier alpha value is -3.12. The third-order valence-corrected chi connectivity index (χ3v) is 7.24. The number of ether oxygens (including phenoxy) is 1. The molecule has 0 aliphatic carbocycles. The molecule has 33 heavy (non-hydrogen) atoms. The molecule has 8 nitrogen and oxygen atoms in total. The Labute approximate surface area is 193 Å². The lowest BCUT2D eigenvalue weighted by molar-refractivity contribution is -0.139. The van der Waals surface area contributed by atoms with Crippen molar-refractivity contribution in [3.8, 4) is 16.9 Å². The summed E-state index contributed by atoms with van der Waals surface area (Å²) in [5.74, 6) is -1.45. The number of hydrogen-bond donors (Lipinski definition) is 2. The van der Waals surface area contributed by atoms with Crippen LogP contribution in [0.2, 0.25) is 0 Å². The van der Waals surface area contributed by atoms with E-state index in [1.807, 2.05) is 0 Å². The van der Waals surface area contributed by atoms with E-state index in [1.165, 1.54) is 25.2 Å². The third-order valence-electron chi connectivity index (χ3n) is 4.70. The summed E-state index contributed by atoms with van der Waals surface area (Å²) in [5, 5.41) is 14.4. The SMILES string of the molecule is CN(Cc1ccc(OCC(=O)O)c(-c2cccc(S(N)=O)c2)c1)S(=O)(=O)c1ccc(F)cc1. The van der Waals surface area contributed by atoms with E-state index in [0.29, 0.717) is 21.6 Å². The zero-order valence-corrected chi connectivity index (χ0v) is 19.1. The van der Waals surface area contributed by atoms with Gasteiger partial charge in [0.15, 0.2) is 6.61 Å². The smallest absolute Gasteiger partial charge is 0.341 e. The summed E-state index contributed by atoms with van der Waals surface area (Å²) in [6.07, 6.45) is 0. The number of hydrogen-bond acceptors (Lipinski definition) is 5. The minimum absolute atomic E-state index is 0.0194. The molecule has 0 saturated heterocycles. The number of rotatable bonds is 9. The molecule has 3 aromatic carbocycles. The quantitative estimate of drug-likeness (QED) is 0.473. The van der Waals surface area contributed by atoms with Gasteiger partial charge < -0.3 is 9.84 Å². The molecule has 1 atom stereocenters. The number of sulfonamides is 1. The zero-order chi connectivity index (χ0) is 24.2. The summed E-state index contributed by atoms with van der Waals surface area (Å²) in [5.41, 5.74) is 1.63. The fraction of sp³-hybridized carbons (Fsp3) is 0.136. The molecule has 0 fully saturated rings. The number of carboxylic acid groups (broad SMARTS) is 1. The van der Waals surface area contributed by atoms with Crippen LogP contribution in [0.15, 0.2) is 76.5 Å². The highest BCUT2D eigenvalue weighted by atomic mass is 32.2. The van der Waals surface area contributed by atoms with Gasteiger partial charge in [0, 0.05) is 19.2 Å². The highest BCUT2D eigenvalue weighted by molar-refractivity contribution is 7.89. The first-order chi connectivity index (χ1) is 15.6. The maximum atomic E-state index is 13.2. The Morgan fingerprint density at radius 1 is 1.12 bits per heavy atom. The lowest BCUT2D eigenvalue weighted by Gasteiger charge is -2.19. The number of halogens is 1. The van der Waals surface area contributed by atoms with E-state index < -0.39 is 39.4 Å². The van der Waals surface area contributed by atoms with Crippen LogP contribution < -0.4 is 9.88 Å². The summed E-state index contributed by atoms with van der Waals surface area (Å²) < 4.78 is 57.0. The standard InChI is InChI=1S/C22H21FN2O6S2/c1-25(33(29,30)19-8-6-17(23)7-9-19)13-15-5-10-21(31-14-22(26)27)20(11-15)16-3-2-4-18(12-16)32(24)28/h2-12H,13-14,24H2,1H3,(H,26,27). The minimum Gasteiger partial charge on any atom is -0.481 e. The van der Waals surface area contributed by atoms with Gasteiger partial charge in [0.1, 0.15) is 22.6 Å². The van der Waals surface area contributed by atoms with Crippen LogP contribution in [0.1, 0.15) is 5.56 Å². The summed E-state index contributed by atoms with van der Waals surface area (Å²) in [7, 11) is -4.21. The summed E-state index contributed by atoms with van der Waals surface area (Å²) >= 11 is 0. The van der Waals surface area contributed by atoms with Crippen LogP contribution in [-0.2, 0) is 32.3 Å². The van der Waals surface area contributed by atoms with Crippen molar-refractivity contribution < 1.29 is 31.7 Å². The molecule has 0 bridgehead atoms. The maximum absolute atomic E-state index is 13.2.